The van der Waals surface area contributed by atoms with Crippen LogP contribution in [0.5, 0.6) is 0 Å². The number of hydrogen-bond donors (Lipinski definition) is 1. The maximum atomic E-state index is 12.7. The van der Waals surface area contributed by atoms with Crippen LogP contribution in [0.3, 0.4) is 0 Å². The summed E-state index contributed by atoms with van der Waals surface area (Å²) in [5.41, 5.74) is 2.68. The molecular formula is C20H21N5O4S. The Morgan fingerprint density at radius 1 is 1.27 bits per heavy atom. The first-order valence-corrected chi connectivity index (χ1v) is 10.4. The number of nitrogens with one attached hydrogen (secondary N) is 1. The predicted octanol–water partition coefficient (Wildman–Crippen LogP) is 2.21. The van der Waals surface area contributed by atoms with E-state index in [-0.39, 0.29) is 25.0 Å². The molecule has 1 aliphatic heterocycles. The zero-order valence-electron chi connectivity index (χ0n) is 16.7. The minimum atomic E-state index is -0.465. The van der Waals surface area contributed by atoms with E-state index in [4.69, 9.17) is 4.74 Å². The number of esters is 1. The van der Waals surface area contributed by atoms with Gasteiger partial charge < -0.3 is 15.0 Å². The second-order valence-corrected chi connectivity index (χ2v) is 8.01. The number of carbonyl (C=O) groups is 3. The molecule has 30 heavy (non-hydrogen) atoms. The van der Waals surface area contributed by atoms with E-state index in [1.165, 1.54) is 22.9 Å². The van der Waals surface area contributed by atoms with Crippen LogP contribution < -0.4 is 5.32 Å². The van der Waals surface area contributed by atoms with Crippen molar-refractivity contribution in [1.82, 2.24) is 19.9 Å². The average Bonchev–Trinajstić information content (AvgIpc) is 3.28. The van der Waals surface area contributed by atoms with E-state index in [1.54, 1.807) is 11.8 Å². The van der Waals surface area contributed by atoms with Gasteiger partial charge in [-0.3, -0.25) is 9.59 Å². The molecule has 0 aliphatic carbocycles. The minimum absolute atomic E-state index is 0.0182. The number of aromatic nitrogens is 3. The maximum absolute atomic E-state index is 12.7. The van der Waals surface area contributed by atoms with Gasteiger partial charge in [0, 0.05) is 18.3 Å². The highest BCUT2D eigenvalue weighted by atomic mass is 32.1. The van der Waals surface area contributed by atoms with Gasteiger partial charge in [0.05, 0.1) is 24.2 Å². The van der Waals surface area contributed by atoms with Crippen molar-refractivity contribution in [2.75, 3.05) is 18.5 Å². The quantitative estimate of drug-likeness (QED) is 0.626. The van der Waals surface area contributed by atoms with Gasteiger partial charge >= 0.3 is 5.97 Å². The molecule has 0 fully saturated rings. The average molecular weight is 427 g/mol. The lowest BCUT2D eigenvalue weighted by molar-refractivity contribution is -0.129. The Labute approximate surface area is 176 Å². The second kappa shape index (κ2) is 8.23. The van der Waals surface area contributed by atoms with Gasteiger partial charge in [-0.2, -0.15) is 0 Å². The van der Waals surface area contributed by atoms with Crippen molar-refractivity contribution in [2.24, 2.45) is 0 Å². The molecule has 1 N–H and O–H groups in total. The van der Waals surface area contributed by atoms with Crippen LogP contribution in [0.1, 0.15) is 34.6 Å². The molecule has 0 radical (unpaired) electrons. The summed E-state index contributed by atoms with van der Waals surface area (Å²) in [5.74, 6) is -0.804. The molecule has 156 valence electrons. The zero-order chi connectivity index (χ0) is 21.3. The number of rotatable bonds is 5. The molecule has 9 nitrogen and oxygen atoms in total. The van der Waals surface area contributed by atoms with E-state index in [0.29, 0.717) is 35.6 Å². The van der Waals surface area contributed by atoms with E-state index in [0.717, 1.165) is 16.0 Å². The number of ether oxygens (including phenoxy) is 1. The highest BCUT2D eigenvalue weighted by Crippen LogP contribution is 2.37. The Morgan fingerprint density at radius 3 is 2.83 bits per heavy atom. The standard InChI is InChI=1S/C20H21N5O4S/c1-3-29-20(28)18-13-8-9-24(12(2)26)10-16(13)30-19(18)21-17(27)11-25-15-7-5-4-6-14(15)22-23-25/h4-7H,3,8-11H2,1-2H3,(H,21,27). The van der Waals surface area contributed by atoms with Gasteiger partial charge in [0.2, 0.25) is 11.8 Å². The summed E-state index contributed by atoms with van der Waals surface area (Å²) in [6.45, 7) is 4.42. The molecule has 1 aromatic carbocycles. The Balaban J connectivity index is 1.60. The molecule has 2 amide bonds. The number of carbonyl (C=O) groups excluding carboxylic acids is 3. The number of anilines is 1. The number of para-hydroxylation sites is 1. The van der Waals surface area contributed by atoms with Crippen molar-refractivity contribution >= 4 is 45.2 Å². The molecule has 0 spiro atoms. The van der Waals surface area contributed by atoms with Crippen molar-refractivity contribution in [2.45, 2.75) is 33.4 Å². The fourth-order valence-electron chi connectivity index (χ4n) is 3.52. The first-order valence-electron chi connectivity index (χ1n) is 9.63. The number of amides is 2. The van der Waals surface area contributed by atoms with Crippen LogP contribution in [0, 0.1) is 0 Å². The second-order valence-electron chi connectivity index (χ2n) is 6.90. The van der Waals surface area contributed by atoms with E-state index in [2.05, 4.69) is 15.6 Å². The molecule has 2 aromatic heterocycles. The highest BCUT2D eigenvalue weighted by molar-refractivity contribution is 7.17. The van der Waals surface area contributed by atoms with E-state index < -0.39 is 5.97 Å². The van der Waals surface area contributed by atoms with Crippen LogP contribution in [0.25, 0.3) is 11.0 Å². The fourth-order valence-corrected chi connectivity index (χ4v) is 4.78. The van der Waals surface area contributed by atoms with Crippen molar-refractivity contribution in [3.63, 3.8) is 0 Å². The Hall–Kier alpha value is -3.27. The van der Waals surface area contributed by atoms with Crippen molar-refractivity contribution in [1.29, 1.82) is 0 Å². The molecule has 0 bridgehead atoms. The lowest BCUT2D eigenvalue weighted by Gasteiger charge is -2.25. The third-order valence-electron chi connectivity index (χ3n) is 4.95. The lowest BCUT2D eigenvalue weighted by atomic mass is 10.0. The summed E-state index contributed by atoms with van der Waals surface area (Å²) in [4.78, 5) is 39.7. The van der Waals surface area contributed by atoms with Crippen LogP contribution in [0.15, 0.2) is 24.3 Å². The van der Waals surface area contributed by atoms with Crippen LogP contribution in [-0.4, -0.2) is 50.8 Å². The van der Waals surface area contributed by atoms with Gasteiger partial charge in [-0.25, -0.2) is 9.48 Å². The molecule has 0 saturated heterocycles. The maximum Gasteiger partial charge on any atom is 0.341 e. The monoisotopic (exact) mass is 427 g/mol. The van der Waals surface area contributed by atoms with Gasteiger partial charge in [0.15, 0.2) is 0 Å². The van der Waals surface area contributed by atoms with Crippen LogP contribution in [-0.2, 0) is 33.8 Å². The third kappa shape index (κ3) is 3.78. The van der Waals surface area contributed by atoms with Gasteiger partial charge in [-0.1, -0.05) is 17.3 Å². The van der Waals surface area contributed by atoms with E-state index >= 15 is 0 Å². The summed E-state index contributed by atoms with van der Waals surface area (Å²) >= 11 is 1.31. The minimum Gasteiger partial charge on any atom is -0.462 e. The van der Waals surface area contributed by atoms with Crippen molar-refractivity contribution < 1.29 is 19.1 Å². The summed E-state index contributed by atoms with van der Waals surface area (Å²) < 4.78 is 6.73. The van der Waals surface area contributed by atoms with E-state index in [1.807, 2.05) is 24.3 Å². The molecule has 10 heteroatoms. The number of fused-ring (bicyclic) bond motifs is 2. The summed E-state index contributed by atoms with van der Waals surface area (Å²) in [6.07, 6.45) is 0.545. The Bertz CT molecular complexity index is 1140. The first kappa shape index (κ1) is 20.0. The Morgan fingerprint density at radius 2 is 2.07 bits per heavy atom. The van der Waals surface area contributed by atoms with Gasteiger partial charge in [0.1, 0.15) is 17.1 Å². The van der Waals surface area contributed by atoms with Crippen molar-refractivity contribution in [3.05, 3.63) is 40.3 Å². The topological polar surface area (TPSA) is 106 Å². The van der Waals surface area contributed by atoms with Gasteiger partial charge in [-0.15, -0.1) is 16.4 Å². The molecule has 3 heterocycles. The SMILES string of the molecule is CCOC(=O)c1c(NC(=O)Cn2nnc3ccccc32)sc2c1CCN(C(C)=O)C2. The molecule has 4 rings (SSSR count). The molecule has 0 saturated carbocycles. The molecular weight excluding hydrogens is 406 g/mol. The van der Waals surface area contributed by atoms with Crippen LogP contribution in [0.2, 0.25) is 0 Å². The first-order chi connectivity index (χ1) is 14.5. The fraction of sp³-hybridized carbons (Fsp3) is 0.350. The largest absolute Gasteiger partial charge is 0.462 e. The summed E-state index contributed by atoms with van der Waals surface area (Å²) in [6, 6.07) is 7.37. The molecule has 0 unspecified atom stereocenters. The number of hydrogen-bond acceptors (Lipinski definition) is 7. The molecule has 3 aromatic rings. The van der Waals surface area contributed by atoms with Crippen molar-refractivity contribution in [3.8, 4) is 0 Å². The van der Waals surface area contributed by atoms with Crippen LogP contribution >= 0.6 is 11.3 Å². The highest BCUT2D eigenvalue weighted by Gasteiger charge is 2.30. The van der Waals surface area contributed by atoms with Gasteiger partial charge in [0.25, 0.3) is 0 Å². The predicted molar refractivity (Wildman–Crippen MR) is 111 cm³/mol. The third-order valence-corrected chi connectivity index (χ3v) is 6.08. The summed E-state index contributed by atoms with van der Waals surface area (Å²) in [5, 5.41) is 11.4. The van der Waals surface area contributed by atoms with Crippen LogP contribution in [0.4, 0.5) is 5.00 Å². The smallest absolute Gasteiger partial charge is 0.341 e. The van der Waals surface area contributed by atoms with E-state index in [9.17, 15) is 14.4 Å². The Kier molecular flexibility index (Phi) is 5.49. The number of thiophene rings is 1. The number of nitrogens with zero attached hydrogens (tertiary/aromatic N) is 4. The summed E-state index contributed by atoms with van der Waals surface area (Å²) in [7, 11) is 0. The number of benzene rings is 1. The zero-order valence-corrected chi connectivity index (χ0v) is 17.5. The molecule has 1 aliphatic rings. The normalized spacial score (nSPS) is 13.2. The lowest BCUT2D eigenvalue weighted by Crippen LogP contribution is -2.34. The van der Waals surface area contributed by atoms with Gasteiger partial charge in [-0.05, 0) is 31.0 Å². The molecule has 0 atom stereocenters.